The molecule has 16 heavy (non-hydrogen) atoms. The molecule has 4 heteroatoms. The Morgan fingerprint density at radius 1 is 1.50 bits per heavy atom. The van der Waals surface area contributed by atoms with Crippen molar-refractivity contribution in [2.75, 3.05) is 12.3 Å². The minimum absolute atomic E-state index is 0.321. The van der Waals surface area contributed by atoms with Crippen molar-refractivity contribution in [1.29, 1.82) is 0 Å². The van der Waals surface area contributed by atoms with E-state index in [1.807, 2.05) is 18.2 Å². The summed E-state index contributed by atoms with van der Waals surface area (Å²) in [5, 5.41) is 0. The highest BCUT2D eigenvalue weighted by atomic mass is 16.5. The average Bonchev–Trinajstić information content (AvgIpc) is 2.88. The maximum atomic E-state index is 5.86. The molecule has 3 rings (SSSR count). The third-order valence-corrected chi connectivity index (χ3v) is 3.04. The second kappa shape index (κ2) is 3.79. The molecule has 1 fully saturated rings. The molecule has 0 radical (unpaired) electrons. The summed E-state index contributed by atoms with van der Waals surface area (Å²) >= 11 is 0. The van der Waals surface area contributed by atoms with Crippen LogP contribution in [0.4, 0.5) is 5.69 Å². The second-order valence-corrected chi connectivity index (χ2v) is 4.27. The molecule has 2 heterocycles. The molecule has 0 amide bonds. The summed E-state index contributed by atoms with van der Waals surface area (Å²) in [5.41, 5.74) is 8.47. The molecule has 1 unspecified atom stereocenters. The third-order valence-electron chi connectivity index (χ3n) is 3.04. The van der Waals surface area contributed by atoms with Crippen molar-refractivity contribution < 1.29 is 4.74 Å². The van der Waals surface area contributed by atoms with Gasteiger partial charge in [-0.2, -0.15) is 0 Å². The van der Waals surface area contributed by atoms with Gasteiger partial charge < -0.3 is 15.5 Å². The highest BCUT2D eigenvalue weighted by Gasteiger charge is 2.17. The molecule has 4 nitrogen and oxygen atoms in total. The van der Waals surface area contributed by atoms with Crippen molar-refractivity contribution >= 4 is 16.7 Å². The number of nitrogens with one attached hydrogen (secondary N) is 1. The number of nitrogen functional groups attached to an aromatic ring is 1. The summed E-state index contributed by atoms with van der Waals surface area (Å²) in [5.74, 6) is 0.972. The predicted octanol–water partition coefficient (Wildman–Crippen LogP) is 1.87. The lowest BCUT2D eigenvalue weighted by Gasteiger charge is -2.05. The van der Waals surface area contributed by atoms with E-state index in [9.17, 15) is 0 Å². The maximum absolute atomic E-state index is 5.86. The molecule has 0 spiro atoms. The van der Waals surface area contributed by atoms with Crippen molar-refractivity contribution in [3.05, 3.63) is 24.0 Å². The Kier molecular flexibility index (Phi) is 2.29. The Hall–Kier alpha value is -1.55. The topological polar surface area (TPSA) is 63.9 Å². The van der Waals surface area contributed by atoms with Crippen molar-refractivity contribution in [3.8, 4) is 0 Å². The molecule has 0 bridgehead atoms. The zero-order chi connectivity index (χ0) is 11.0. The second-order valence-electron chi connectivity index (χ2n) is 4.27. The highest BCUT2D eigenvalue weighted by Crippen LogP contribution is 2.21. The summed E-state index contributed by atoms with van der Waals surface area (Å²) < 4.78 is 5.59. The first-order chi connectivity index (χ1) is 7.83. The van der Waals surface area contributed by atoms with Crippen molar-refractivity contribution in [1.82, 2.24) is 9.97 Å². The summed E-state index contributed by atoms with van der Waals surface area (Å²) in [6, 6.07) is 5.81. The maximum Gasteiger partial charge on any atom is 0.111 e. The molecule has 1 aliphatic heterocycles. The number of fused-ring (bicyclic) bond motifs is 1. The number of anilines is 1. The number of para-hydroxylation sites is 1. The van der Waals surface area contributed by atoms with E-state index < -0.39 is 0 Å². The fourth-order valence-corrected chi connectivity index (χ4v) is 2.22. The molecule has 1 aliphatic rings. The number of hydrogen-bond acceptors (Lipinski definition) is 3. The number of nitrogens with zero attached hydrogens (tertiary/aromatic N) is 1. The fraction of sp³-hybridized carbons (Fsp3) is 0.417. The van der Waals surface area contributed by atoms with E-state index in [1.54, 1.807) is 0 Å². The van der Waals surface area contributed by atoms with Crippen LogP contribution in [0, 0.1) is 0 Å². The monoisotopic (exact) mass is 217 g/mol. The summed E-state index contributed by atoms with van der Waals surface area (Å²) in [4.78, 5) is 7.81. The SMILES string of the molecule is Nc1cccc2[nH]c(CC3CCCO3)nc12. The first-order valence-corrected chi connectivity index (χ1v) is 5.67. The standard InChI is InChI=1S/C12H15N3O/c13-9-4-1-5-10-12(9)15-11(14-10)7-8-3-2-6-16-8/h1,4-5,8H,2-3,6-7,13H2,(H,14,15). The number of H-pyrrole nitrogens is 1. The lowest BCUT2D eigenvalue weighted by atomic mass is 10.2. The minimum Gasteiger partial charge on any atom is -0.397 e. The van der Waals surface area contributed by atoms with Gasteiger partial charge >= 0.3 is 0 Å². The highest BCUT2D eigenvalue weighted by molar-refractivity contribution is 5.86. The van der Waals surface area contributed by atoms with E-state index in [0.717, 1.165) is 48.4 Å². The molecule has 1 aromatic carbocycles. The summed E-state index contributed by atoms with van der Waals surface area (Å²) in [7, 11) is 0. The molecular weight excluding hydrogens is 202 g/mol. The average molecular weight is 217 g/mol. The lowest BCUT2D eigenvalue weighted by molar-refractivity contribution is 0.110. The van der Waals surface area contributed by atoms with Crippen LogP contribution < -0.4 is 5.73 Å². The Balaban J connectivity index is 1.90. The molecule has 3 N–H and O–H groups in total. The van der Waals surface area contributed by atoms with Crippen LogP contribution >= 0.6 is 0 Å². The molecule has 1 saturated heterocycles. The molecule has 2 aromatic rings. The van der Waals surface area contributed by atoms with E-state index >= 15 is 0 Å². The van der Waals surface area contributed by atoms with Gasteiger partial charge in [-0.15, -0.1) is 0 Å². The number of rotatable bonds is 2. The number of ether oxygens (including phenoxy) is 1. The first-order valence-electron chi connectivity index (χ1n) is 5.67. The van der Waals surface area contributed by atoms with Gasteiger partial charge in [-0.05, 0) is 25.0 Å². The first kappa shape index (κ1) is 9.66. The van der Waals surface area contributed by atoms with E-state index in [0.29, 0.717) is 6.10 Å². The molecule has 0 saturated carbocycles. The molecule has 0 aliphatic carbocycles. The number of aromatic amines is 1. The molecular formula is C12H15N3O. The lowest BCUT2D eigenvalue weighted by Crippen LogP contribution is -2.09. The van der Waals surface area contributed by atoms with Gasteiger partial charge in [0.25, 0.3) is 0 Å². The van der Waals surface area contributed by atoms with Gasteiger partial charge in [0.05, 0.1) is 17.3 Å². The number of benzene rings is 1. The quantitative estimate of drug-likeness (QED) is 0.755. The smallest absolute Gasteiger partial charge is 0.111 e. The van der Waals surface area contributed by atoms with Gasteiger partial charge in [-0.25, -0.2) is 4.98 Å². The van der Waals surface area contributed by atoms with Crippen molar-refractivity contribution in [2.24, 2.45) is 0 Å². The van der Waals surface area contributed by atoms with Crippen molar-refractivity contribution in [3.63, 3.8) is 0 Å². The molecule has 1 aromatic heterocycles. The zero-order valence-corrected chi connectivity index (χ0v) is 9.07. The Morgan fingerprint density at radius 2 is 2.44 bits per heavy atom. The Morgan fingerprint density at radius 3 is 3.19 bits per heavy atom. The van der Waals surface area contributed by atoms with Crippen LogP contribution in [0.15, 0.2) is 18.2 Å². The van der Waals surface area contributed by atoms with E-state index in [-0.39, 0.29) is 0 Å². The fourth-order valence-electron chi connectivity index (χ4n) is 2.22. The number of hydrogen-bond donors (Lipinski definition) is 2. The normalized spacial score (nSPS) is 20.6. The Labute approximate surface area is 93.8 Å². The molecule has 84 valence electrons. The number of imidazole rings is 1. The van der Waals surface area contributed by atoms with Crippen LogP contribution in [0.3, 0.4) is 0 Å². The van der Waals surface area contributed by atoms with Crippen LogP contribution in [-0.2, 0) is 11.2 Å². The van der Waals surface area contributed by atoms with E-state index in [2.05, 4.69) is 9.97 Å². The summed E-state index contributed by atoms with van der Waals surface area (Å²) in [6.07, 6.45) is 3.47. The van der Waals surface area contributed by atoms with E-state index in [4.69, 9.17) is 10.5 Å². The van der Waals surface area contributed by atoms with Gasteiger partial charge in [0.1, 0.15) is 11.3 Å². The van der Waals surface area contributed by atoms with Gasteiger partial charge in [-0.1, -0.05) is 6.07 Å². The van der Waals surface area contributed by atoms with E-state index in [1.165, 1.54) is 0 Å². The summed E-state index contributed by atoms with van der Waals surface area (Å²) in [6.45, 7) is 0.882. The van der Waals surface area contributed by atoms with Gasteiger partial charge in [0.2, 0.25) is 0 Å². The zero-order valence-electron chi connectivity index (χ0n) is 9.07. The van der Waals surface area contributed by atoms with Crippen LogP contribution in [0.2, 0.25) is 0 Å². The minimum atomic E-state index is 0.321. The Bertz CT molecular complexity index is 500. The van der Waals surface area contributed by atoms with Crippen molar-refractivity contribution in [2.45, 2.75) is 25.4 Å². The molecule has 1 atom stereocenters. The van der Waals surface area contributed by atoms with Crippen LogP contribution in [0.1, 0.15) is 18.7 Å². The van der Waals surface area contributed by atoms with Gasteiger partial charge in [-0.3, -0.25) is 0 Å². The van der Waals surface area contributed by atoms with Crippen LogP contribution in [0.25, 0.3) is 11.0 Å². The van der Waals surface area contributed by atoms with Crippen LogP contribution in [0.5, 0.6) is 0 Å². The van der Waals surface area contributed by atoms with Crippen LogP contribution in [-0.4, -0.2) is 22.7 Å². The third kappa shape index (κ3) is 1.65. The number of nitrogens with two attached hydrogens (primary N) is 1. The van der Waals surface area contributed by atoms with Gasteiger partial charge in [0, 0.05) is 13.0 Å². The van der Waals surface area contributed by atoms with Gasteiger partial charge in [0.15, 0.2) is 0 Å². The predicted molar refractivity (Wildman–Crippen MR) is 63.2 cm³/mol. The largest absolute Gasteiger partial charge is 0.397 e. The number of aromatic nitrogens is 2.